The number of anilines is 2. The Kier molecular flexibility index (Phi) is 7.26. The molecule has 33 heavy (non-hydrogen) atoms. The predicted molar refractivity (Wildman–Crippen MR) is 135 cm³/mol. The van der Waals surface area contributed by atoms with Gasteiger partial charge in [-0.3, -0.25) is 9.59 Å². The highest BCUT2D eigenvalue weighted by Gasteiger charge is 2.11. The number of amides is 2. The summed E-state index contributed by atoms with van der Waals surface area (Å²) in [6, 6.07) is 20.8. The molecule has 4 aromatic rings. The highest BCUT2D eigenvalue weighted by molar-refractivity contribution is 8.01. The second-order valence-corrected chi connectivity index (χ2v) is 9.72. The van der Waals surface area contributed by atoms with Crippen LogP contribution < -0.4 is 15.4 Å². The summed E-state index contributed by atoms with van der Waals surface area (Å²) in [6.07, 6.45) is 0. The second-order valence-electron chi connectivity index (χ2n) is 7.47. The molecule has 0 spiro atoms. The van der Waals surface area contributed by atoms with Gasteiger partial charge >= 0.3 is 0 Å². The lowest BCUT2D eigenvalue weighted by atomic mass is 10.2. The largest absolute Gasteiger partial charge is 0.483 e. The third-order valence-corrected chi connectivity index (χ3v) is 6.89. The van der Waals surface area contributed by atoms with Crippen LogP contribution >= 0.6 is 23.1 Å². The van der Waals surface area contributed by atoms with Gasteiger partial charge < -0.3 is 15.4 Å². The van der Waals surface area contributed by atoms with Gasteiger partial charge in [-0.05, 0) is 61.4 Å². The van der Waals surface area contributed by atoms with E-state index in [4.69, 9.17) is 4.74 Å². The van der Waals surface area contributed by atoms with Gasteiger partial charge in [0.2, 0.25) is 5.91 Å². The lowest BCUT2D eigenvalue weighted by Crippen LogP contribution is -2.20. The first-order valence-corrected chi connectivity index (χ1v) is 12.1. The maximum atomic E-state index is 12.3. The van der Waals surface area contributed by atoms with Gasteiger partial charge in [-0.1, -0.05) is 42.1 Å². The van der Waals surface area contributed by atoms with Crippen LogP contribution in [0.2, 0.25) is 0 Å². The number of fused-ring (bicyclic) bond motifs is 1. The lowest BCUT2D eigenvalue weighted by molar-refractivity contribution is -0.118. The van der Waals surface area contributed by atoms with E-state index in [9.17, 15) is 9.59 Å². The van der Waals surface area contributed by atoms with Crippen molar-refractivity contribution >= 4 is 56.5 Å². The normalized spacial score (nSPS) is 10.7. The van der Waals surface area contributed by atoms with Crippen molar-refractivity contribution in [2.75, 3.05) is 23.0 Å². The Bertz CT molecular complexity index is 1300. The summed E-state index contributed by atoms with van der Waals surface area (Å²) in [5.41, 5.74) is 4.37. The molecule has 0 atom stereocenters. The molecule has 1 heterocycles. The van der Waals surface area contributed by atoms with Gasteiger partial charge in [0.1, 0.15) is 5.75 Å². The van der Waals surface area contributed by atoms with Crippen molar-refractivity contribution in [1.82, 2.24) is 4.98 Å². The maximum Gasteiger partial charge on any atom is 0.262 e. The van der Waals surface area contributed by atoms with Crippen molar-refractivity contribution in [1.29, 1.82) is 0 Å². The topological polar surface area (TPSA) is 80.3 Å². The van der Waals surface area contributed by atoms with E-state index in [0.29, 0.717) is 11.4 Å². The number of carbonyl (C=O) groups is 2. The summed E-state index contributed by atoms with van der Waals surface area (Å²) >= 11 is 2.88. The van der Waals surface area contributed by atoms with Gasteiger partial charge in [-0.15, -0.1) is 11.3 Å². The third-order valence-electron chi connectivity index (χ3n) is 4.73. The summed E-state index contributed by atoms with van der Waals surface area (Å²) in [5.74, 6) is 0.655. The molecule has 4 rings (SSSR count). The zero-order valence-corrected chi connectivity index (χ0v) is 19.9. The number of nitrogens with zero attached hydrogens (tertiary/aromatic N) is 1. The Morgan fingerprint density at radius 3 is 2.55 bits per heavy atom. The fourth-order valence-electron chi connectivity index (χ4n) is 3.15. The summed E-state index contributed by atoms with van der Waals surface area (Å²) < 4.78 is 7.34. The minimum absolute atomic E-state index is 0.0667. The number of thiazole rings is 1. The zero-order valence-electron chi connectivity index (χ0n) is 18.3. The van der Waals surface area contributed by atoms with E-state index >= 15 is 0 Å². The van der Waals surface area contributed by atoms with Gasteiger partial charge in [-0.2, -0.15) is 0 Å². The van der Waals surface area contributed by atoms with Gasteiger partial charge in [-0.25, -0.2) is 4.98 Å². The Morgan fingerprint density at radius 2 is 1.73 bits per heavy atom. The number of ether oxygens (including phenoxy) is 1. The molecule has 0 radical (unpaired) electrons. The Labute approximate surface area is 200 Å². The van der Waals surface area contributed by atoms with Gasteiger partial charge in [0, 0.05) is 11.4 Å². The molecule has 2 N–H and O–H groups in total. The first-order valence-electron chi connectivity index (χ1n) is 10.3. The van der Waals surface area contributed by atoms with Crippen molar-refractivity contribution in [2.45, 2.75) is 18.2 Å². The van der Waals surface area contributed by atoms with Gasteiger partial charge in [0.05, 0.1) is 16.0 Å². The number of hydrogen-bond donors (Lipinski definition) is 2. The quantitative estimate of drug-likeness (QED) is 0.320. The average molecular weight is 478 g/mol. The van der Waals surface area contributed by atoms with Gasteiger partial charge in [0.15, 0.2) is 10.9 Å². The molecular weight excluding hydrogens is 454 g/mol. The fourth-order valence-corrected chi connectivity index (χ4v) is 5.06. The van der Waals surface area contributed by atoms with E-state index in [1.54, 1.807) is 0 Å². The molecule has 1 aromatic heterocycles. The summed E-state index contributed by atoms with van der Waals surface area (Å²) in [6.45, 7) is 3.86. The molecule has 8 heteroatoms. The van der Waals surface area contributed by atoms with E-state index in [0.717, 1.165) is 31.4 Å². The summed E-state index contributed by atoms with van der Waals surface area (Å²) in [5, 5.41) is 5.76. The zero-order chi connectivity index (χ0) is 23.2. The SMILES string of the molecule is Cc1cccc(NC(=O)CSc2nc3ccc(NC(=O)COc4ccccc4C)cc3s2)c1. The molecule has 0 saturated heterocycles. The van der Waals surface area contributed by atoms with Crippen molar-refractivity contribution in [2.24, 2.45) is 0 Å². The van der Waals surface area contributed by atoms with Crippen LogP contribution in [0.3, 0.4) is 0 Å². The molecule has 0 saturated carbocycles. The number of aryl methyl sites for hydroxylation is 2. The third kappa shape index (κ3) is 6.34. The van der Waals surface area contributed by atoms with E-state index in [1.165, 1.54) is 23.1 Å². The molecule has 0 bridgehead atoms. The molecule has 2 amide bonds. The van der Waals surface area contributed by atoms with Crippen LogP contribution in [0.15, 0.2) is 71.1 Å². The van der Waals surface area contributed by atoms with Crippen LogP contribution in [0.5, 0.6) is 5.75 Å². The van der Waals surface area contributed by atoms with Crippen molar-refractivity contribution < 1.29 is 14.3 Å². The Morgan fingerprint density at radius 1 is 0.939 bits per heavy atom. The Hall–Kier alpha value is -3.36. The van der Waals surface area contributed by atoms with Crippen molar-refractivity contribution in [3.63, 3.8) is 0 Å². The first kappa shape index (κ1) is 22.8. The van der Waals surface area contributed by atoms with Crippen LogP contribution in [0.4, 0.5) is 11.4 Å². The minimum Gasteiger partial charge on any atom is -0.483 e. The van der Waals surface area contributed by atoms with Crippen LogP contribution in [-0.4, -0.2) is 29.2 Å². The predicted octanol–water partition coefficient (Wildman–Crippen LogP) is 5.66. The number of thioether (sulfide) groups is 1. The number of para-hydroxylation sites is 1. The molecule has 0 aliphatic rings. The van der Waals surface area contributed by atoms with E-state index in [1.807, 2.05) is 80.6 Å². The molecule has 0 fully saturated rings. The minimum atomic E-state index is -0.232. The molecule has 168 valence electrons. The molecule has 3 aromatic carbocycles. The number of carbonyl (C=O) groups excluding carboxylic acids is 2. The van der Waals surface area contributed by atoms with Crippen LogP contribution in [0.1, 0.15) is 11.1 Å². The number of benzene rings is 3. The monoisotopic (exact) mass is 477 g/mol. The summed E-state index contributed by atoms with van der Waals surface area (Å²) in [7, 11) is 0. The highest BCUT2D eigenvalue weighted by atomic mass is 32.2. The average Bonchev–Trinajstić information content (AvgIpc) is 3.19. The van der Waals surface area contributed by atoms with Crippen LogP contribution in [0, 0.1) is 13.8 Å². The lowest BCUT2D eigenvalue weighted by Gasteiger charge is -2.09. The van der Waals surface area contributed by atoms with Crippen molar-refractivity contribution in [3.8, 4) is 5.75 Å². The van der Waals surface area contributed by atoms with Gasteiger partial charge in [0.25, 0.3) is 5.91 Å². The molecule has 0 aliphatic carbocycles. The van der Waals surface area contributed by atoms with E-state index < -0.39 is 0 Å². The molecular formula is C25H23N3O3S2. The van der Waals surface area contributed by atoms with Crippen molar-refractivity contribution in [3.05, 3.63) is 77.9 Å². The van der Waals surface area contributed by atoms with E-state index in [2.05, 4.69) is 15.6 Å². The number of rotatable bonds is 8. The van der Waals surface area contributed by atoms with Crippen LogP contribution in [-0.2, 0) is 9.59 Å². The number of hydrogen-bond acceptors (Lipinski definition) is 6. The fraction of sp³-hybridized carbons (Fsp3) is 0.160. The summed E-state index contributed by atoms with van der Waals surface area (Å²) in [4.78, 5) is 29.1. The van der Waals surface area contributed by atoms with Crippen LogP contribution in [0.25, 0.3) is 10.2 Å². The molecule has 0 unspecified atom stereocenters. The number of nitrogens with one attached hydrogen (secondary N) is 2. The second kappa shape index (κ2) is 10.5. The maximum absolute atomic E-state index is 12.3. The molecule has 0 aliphatic heterocycles. The van der Waals surface area contributed by atoms with E-state index in [-0.39, 0.29) is 24.2 Å². The number of aromatic nitrogens is 1. The standard InChI is InChI=1S/C25H23N3O3S2/c1-16-6-5-8-18(12-16)27-24(30)15-32-25-28-20-11-10-19(13-22(20)33-25)26-23(29)14-31-21-9-4-3-7-17(21)2/h3-13H,14-15H2,1-2H3,(H,26,29)(H,27,30). The Balaban J connectivity index is 1.31. The molecule has 6 nitrogen and oxygen atoms in total. The highest BCUT2D eigenvalue weighted by Crippen LogP contribution is 2.31. The smallest absolute Gasteiger partial charge is 0.262 e. The first-order chi connectivity index (χ1) is 16.0.